The molecule has 1 fully saturated rings. The summed E-state index contributed by atoms with van der Waals surface area (Å²) in [5, 5.41) is 3.56. The molecule has 4 nitrogen and oxygen atoms in total. The van der Waals surface area contributed by atoms with Crippen LogP contribution in [0.3, 0.4) is 0 Å². The molecule has 1 aliphatic rings. The number of nitrogen functional groups attached to an aromatic ring is 1. The molecule has 0 unspecified atom stereocenters. The third-order valence-corrected chi connectivity index (χ3v) is 4.07. The lowest BCUT2D eigenvalue weighted by molar-refractivity contribution is 0.0828. The first kappa shape index (κ1) is 13.7. The van der Waals surface area contributed by atoms with E-state index in [1.165, 1.54) is 6.42 Å². The summed E-state index contributed by atoms with van der Waals surface area (Å²) in [5.41, 5.74) is 8.25. The van der Waals surface area contributed by atoms with Crippen LogP contribution in [-0.4, -0.2) is 30.4 Å². The number of carbonyl (C=O) groups excluding carboxylic acids is 1. The maximum atomic E-state index is 12.2. The van der Waals surface area contributed by atoms with Crippen molar-refractivity contribution in [3.05, 3.63) is 23.8 Å². The molecule has 19 heavy (non-hydrogen) atoms. The largest absolute Gasteiger partial charge is 0.399 e. The summed E-state index contributed by atoms with van der Waals surface area (Å²) < 4.78 is 0. The molecule has 1 saturated carbocycles. The quantitative estimate of drug-likeness (QED) is 0.819. The molecule has 0 spiro atoms. The number of nitrogens with zero attached hydrogens (tertiary/aromatic N) is 1. The number of amides is 1. The van der Waals surface area contributed by atoms with Crippen molar-refractivity contribution in [3.8, 4) is 0 Å². The molecule has 1 aliphatic carbocycles. The molecule has 1 aromatic rings. The Morgan fingerprint density at radius 3 is 2.58 bits per heavy atom. The summed E-state index contributed by atoms with van der Waals surface area (Å²) in [6.45, 7) is 2.19. The van der Waals surface area contributed by atoms with Crippen molar-refractivity contribution in [3.63, 3.8) is 0 Å². The molecule has 1 aromatic carbocycles. The summed E-state index contributed by atoms with van der Waals surface area (Å²) in [6, 6.07) is 5.45. The third kappa shape index (κ3) is 2.67. The highest BCUT2D eigenvalue weighted by molar-refractivity contribution is 6.00. The molecule has 0 atom stereocenters. The topological polar surface area (TPSA) is 58.4 Å². The van der Waals surface area contributed by atoms with Crippen molar-refractivity contribution in [2.75, 3.05) is 25.1 Å². The highest BCUT2D eigenvalue weighted by atomic mass is 16.2. The minimum atomic E-state index is 0.00748. The molecule has 0 heterocycles. The number of nitrogens with two attached hydrogens (primary N) is 1. The zero-order chi connectivity index (χ0) is 14.0. The number of carbonyl (C=O) groups is 1. The zero-order valence-electron chi connectivity index (χ0n) is 12.0. The Morgan fingerprint density at radius 2 is 2.11 bits per heavy atom. The maximum absolute atomic E-state index is 12.2. The Bertz CT molecular complexity index is 473. The average molecular weight is 261 g/mol. The lowest BCUT2D eigenvalue weighted by Crippen LogP contribution is -2.44. The monoisotopic (exact) mass is 261 g/mol. The standard InChI is InChI=1S/C15H23N3O/c1-4-15(8-5-9-15)17-13-10-11(16)6-7-12(13)14(19)18(2)3/h6-7,10,17H,4-5,8-9,16H2,1-3H3. The van der Waals surface area contributed by atoms with Crippen LogP contribution < -0.4 is 11.1 Å². The van der Waals surface area contributed by atoms with Gasteiger partial charge < -0.3 is 16.0 Å². The molecular formula is C15H23N3O. The van der Waals surface area contributed by atoms with E-state index in [1.807, 2.05) is 12.1 Å². The number of benzene rings is 1. The molecule has 0 bridgehead atoms. The van der Waals surface area contributed by atoms with Gasteiger partial charge in [0, 0.05) is 31.0 Å². The Balaban J connectivity index is 2.32. The number of hydrogen-bond donors (Lipinski definition) is 2. The second-order valence-corrected chi connectivity index (χ2v) is 5.62. The van der Waals surface area contributed by atoms with Gasteiger partial charge in [0.05, 0.1) is 5.56 Å². The van der Waals surface area contributed by atoms with Crippen molar-refractivity contribution in [1.29, 1.82) is 0 Å². The molecule has 0 aromatic heterocycles. The fraction of sp³-hybridized carbons (Fsp3) is 0.533. The Kier molecular flexibility index (Phi) is 3.69. The highest BCUT2D eigenvalue weighted by Crippen LogP contribution is 2.39. The van der Waals surface area contributed by atoms with E-state index in [4.69, 9.17) is 5.73 Å². The van der Waals surface area contributed by atoms with Crippen LogP contribution >= 0.6 is 0 Å². The van der Waals surface area contributed by atoms with Gasteiger partial charge in [0.1, 0.15) is 0 Å². The van der Waals surface area contributed by atoms with Crippen LogP contribution in [0, 0.1) is 0 Å². The molecule has 3 N–H and O–H groups in total. The molecule has 2 rings (SSSR count). The lowest BCUT2D eigenvalue weighted by Gasteiger charge is -2.43. The second-order valence-electron chi connectivity index (χ2n) is 5.62. The van der Waals surface area contributed by atoms with Crippen molar-refractivity contribution < 1.29 is 4.79 Å². The predicted molar refractivity (Wildman–Crippen MR) is 79.4 cm³/mol. The number of hydrogen-bond acceptors (Lipinski definition) is 3. The van der Waals surface area contributed by atoms with E-state index in [0.29, 0.717) is 11.3 Å². The van der Waals surface area contributed by atoms with Gasteiger partial charge >= 0.3 is 0 Å². The smallest absolute Gasteiger partial charge is 0.255 e. The van der Waals surface area contributed by atoms with E-state index in [-0.39, 0.29) is 11.4 Å². The molecule has 4 heteroatoms. The van der Waals surface area contributed by atoms with Gasteiger partial charge in [0.2, 0.25) is 0 Å². The van der Waals surface area contributed by atoms with E-state index < -0.39 is 0 Å². The van der Waals surface area contributed by atoms with E-state index in [1.54, 1.807) is 25.1 Å². The van der Waals surface area contributed by atoms with Crippen LogP contribution in [-0.2, 0) is 0 Å². The summed E-state index contributed by atoms with van der Waals surface area (Å²) >= 11 is 0. The molecule has 0 saturated heterocycles. The van der Waals surface area contributed by atoms with Crippen molar-refractivity contribution in [2.45, 2.75) is 38.1 Å². The molecule has 1 amide bonds. The maximum Gasteiger partial charge on any atom is 0.255 e. The number of rotatable bonds is 4. The highest BCUT2D eigenvalue weighted by Gasteiger charge is 2.35. The van der Waals surface area contributed by atoms with Gasteiger partial charge in [0.25, 0.3) is 5.91 Å². The number of anilines is 2. The van der Waals surface area contributed by atoms with E-state index >= 15 is 0 Å². The predicted octanol–water partition coefficient (Wildman–Crippen LogP) is 2.72. The Hall–Kier alpha value is -1.71. The van der Waals surface area contributed by atoms with Crippen molar-refractivity contribution in [2.24, 2.45) is 0 Å². The van der Waals surface area contributed by atoms with Crippen LogP contribution in [0.15, 0.2) is 18.2 Å². The van der Waals surface area contributed by atoms with Gasteiger partial charge in [-0.05, 0) is 43.9 Å². The van der Waals surface area contributed by atoms with E-state index in [9.17, 15) is 4.79 Å². The van der Waals surface area contributed by atoms with Gasteiger partial charge in [-0.2, -0.15) is 0 Å². The van der Waals surface area contributed by atoms with Crippen LogP contribution in [0.1, 0.15) is 43.0 Å². The zero-order valence-corrected chi connectivity index (χ0v) is 12.0. The first-order chi connectivity index (χ1) is 8.97. The fourth-order valence-electron chi connectivity index (χ4n) is 2.55. The first-order valence-corrected chi connectivity index (χ1v) is 6.87. The second kappa shape index (κ2) is 5.11. The van der Waals surface area contributed by atoms with Crippen LogP contribution in [0.5, 0.6) is 0 Å². The first-order valence-electron chi connectivity index (χ1n) is 6.87. The van der Waals surface area contributed by atoms with Crippen molar-refractivity contribution >= 4 is 17.3 Å². The molecule has 104 valence electrons. The normalized spacial score (nSPS) is 16.6. The summed E-state index contributed by atoms with van der Waals surface area (Å²) in [5.74, 6) is 0.00748. The summed E-state index contributed by atoms with van der Waals surface area (Å²) in [7, 11) is 3.53. The lowest BCUT2D eigenvalue weighted by atomic mass is 9.74. The van der Waals surface area contributed by atoms with Crippen LogP contribution in [0.25, 0.3) is 0 Å². The van der Waals surface area contributed by atoms with Gasteiger partial charge in [-0.3, -0.25) is 4.79 Å². The number of nitrogens with one attached hydrogen (secondary N) is 1. The molecular weight excluding hydrogens is 238 g/mol. The third-order valence-electron chi connectivity index (χ3n) is 4.07. The van der Waals surface area contributed by atoms with Crippen LogP contribution in [0.4, 0.5) is 11.4 Å². The van der Waals surface area contributed by atoms with E-state index in [0.717, 1.165) is 24.9 Å². The van der Waals surface area contributed by atoms with Gasteiger partial charge in [0.15, 0.2) is 0 Å². The van der Waals surface area contributed by atoms with E-state index in [2.05, 4.69) is 12.2 Å². The van der Waals surface area contributed by atoms with Gasteiger partial charge in [-0.15, -0.1) is 0 Å². The van der Waals surface area contributed by atoms with Gasteiger partial charge in [-0.1, -0.05) is 6.92 Å². The van der Waals surface area contributed by atoms with Gasteiger partial charge in [-0.25, -0.2) is 0 Å². The summed E-state index contributed by atoms with van der Waals surface area (Å²) in [6.07, 6.45) is 4.64. The Morgan fingerprint density at radius 1 is 1.42 bits per heavy atom. The Labute approximate surface area is 115 Å². The molecule has 0 aliphatic heterocycles. The van der Waals surface area contributed by atoms with Crippen molar-refractivity contribution in [1.82, 2.24) is 4.90 Å². The summed E-state index contributed by atoms with van der Waals surface area (Å²) in [4.78, 5) is 13.8. The van der Waals surface area contributed by atoms with Crippen LogP contribution in [0.2, 0.25) is 0 Å². The SMILES string of the molecule is CCC1(Nc2cc(N)ccc2C(=O)N(C)C)CCC1. The average Bonchev–Trinajstić information content (AvgIpc) is 2.33. The fourth-order valence-corrected chi connectivity index (χ4v) is 2.55. The minimum Gasteiger partial charge on any atom is -0.399 e. The minimum absolute atomic E-state index is 0.00748. The molecule has 0 radical (unpaired) electrons.